The van der Waals surface area contributed by atoms with Gasteiger partial charge in [0.2, 0.25) is 0 Å². The summed E-state index contributed by atoms with van der Waals surface area (Å²) in [6.07, 6.45) is 0. The highest BCUT2D eigenvalue weighted by Crippen LogP contribution is 2.15. The van der Waals surface area contributed by atoms with Crippen LogP contribution in [0.1, 0.15) is 5.56 Å². The Kier molecular flexibility index (Phi) is 3.02. The van der Waals surface area contributed by atoms with Crippen molar-refractivity contribution in [3.8, 4) is 5.75 Å². The summed E-state index contributed by atoms with van der Waals surface area (Å²) in [6, 6.07) is 11.7. The summed E-state index contributed by atoms with van der Waals surface area (Å²) in [5.74, 6) is 0.394. The molecule has 0 spiro atoms. The summed E-state index contributed by atoms with van der Waals surface area (Å²) in [5.41, 5.74) is 1.88. The molecule has 0 bridgehead atoms. The number of imidazole rings is 1. The monoisotopic (exact) mass is 272 g/mol. The van der Waals surface area contributed by atoms with E-state index in [-0.39, 0.29) is 11.5 Å². The molecular weight excluding hydrogens is 259 g/mol. The Morgan fingerprint density at radius 2 is 1.95 bits per heavy atom. The lowest BCUT2D eigenvalue weighted by Gasteiger charge is -2.05. The molecule has 3 aromatic rings. The number of benzene rings is 2. The average molecular weight is 272 g/mol. The number of aromatic amines is 1. The fourth-order valence-corrected chi connectivity index (χ4v) is 2.20. The molecule has 0 amide bonds. The SMILES string of the molecule is COc1ccc(Cn2c(=O)[nH]c3ccc(F)cc32)cc1. The van der Waals surface area contributed by atoms with Crippen LogP contribution in [-0.2, 0) is 6.54 Å². The van der Waals surface area contributed by atoms with Crippen molar-refractivity contribution in [1.82, 2.24) is 9.55 Å². The van der Waals surface area contributed by atoms with E-state index in [0.717, 1.165) is 11.3 Å². The lowest BCUT2D eigenvalue weighted by molar-refractivity contribution is 0.414. The molecule has 20 heavy (non-hydrogen) atoms. The molecule has 3 rings (SSSR count). The fraction of sp³-hybridized carbons (Fsp3) is 0.133. The van der Waals surface area contributed by atoms with Crippen LogP contribution in [0.2, 0.25) is 0 Å². The lowest BCUT2D eigenvalue weighted by Crippen LogP contribution is -2.17. The van der Waals surface area contributed by atoms with E-state index in [1.807, 2.05) is 24.3 Å². The van der Waals surface area contributed by atoms with Crippen LogP contribution in [0.3, 0.4) is 0 Å². The molecule has 102 valence electrons. The molecule has 0 aliphatic heterocycles. The zero-order valence-electron chi connectivity index (χ0n) is 10.9. The van der Waals surface area contributed by atoms with Gasteiger partial charge >= 0.3 is 5.69 Å². The van der Waals surface area contributed by atoms with Gasteiger partial charge in [0.15, 0.2) is 0 Å². The number of H-pyrrole nitrogens is 1. The van der Waals surface area contributed by atoms with Crippen molar-refractivity contribution < 1.29 is 9.13 Å². The van der Waals surface area contributed by atoms with Gasteiger partial charge in [-0.25, -0.2) is 9.18 Å². The number of hydrogen-bond acceptors (Lipinski definition) is 2. The molecular formula is C15H13FN2O2. The fourth-order valence-electron chi connectivity index (χ4n) is 2.20. The molecule has 0 atom stereocenters. The highest BCUT2D eigenvalue weighted by molar-refractivity contribution is 5.75. The quantitative estimate of drug-likeness (QED) is 0.796. The van der Waals surface area contributed by atoms with Crippen LogP contribution in [0, 0.1) is 5.82 Å². The largest absolute Gasteiger partial charge is 0.497 e. The molecule has 2 aromatic carbocycles. The number of methoxy groups -OCH3 is 1. The number of ether oxygens (including phenoxy) is 1. The van der Waals surface area contributed by atoms with Gasteiger partial charge in [0.1, 0.15) is 11.6 Å². The Balaban J connectivity index is 2.03. The average Bonchev–Trinajstić information content (AvgIpc) is 2.76. The van der Waals surface area contributed by atoms with Crippen molar-refractivity contribution in [3.05, 3.63) is 64.3 Å². The molecule has 0 aliphatic carbocycles. The molecule has 0 saturated heterocycles. The second-order valence-corrected chi connectivity index (χ2v) is 4.53. The van der Waals surface area contributed by atoms with Gasteiger partial charge < -0.3 is 9.72 Å². The van der Waals surface area contributed by atoms with E-state index < -0.39 is 0 Å². The third-order valence-corrected chi connectivity index (χ3v) is 3.24. The topological polar surface area (TPSA) is 47.0 Å². The highest BCUT2D eigenvalue weighted by atomic mass is 19.1. The zero-order valence-corrected chi connectivity index (χ0v) is 10.9. The Labute approximate surface area is 114 Å². The number of halogens is 1. The molecule has 0 unspecified atom stereocenters. The molecule has 0 fully saturated rings. The van der Waals surface area contributed by atoms with Crippen LogP contribution in [0.25, 0.3) is 11.0 Å². The van der Waals surface area contributed by atoms with Gasteiger partial charge in [0.05, 0.1) is 24.7 Å². The van der Waals surface area contributed by atoms with Crippen molar-refractivity contribution >= 4 is 11.0 Å². The first-order valence-corrected chi connectivity index (χ1v) is 6.18. The number of hydrogen-bond donors (Lipinski definition) is 1. The maximum absolute atomic E-state index is 13.3. The summed E-state index contributed by atoms with van der Waals surface area (Å²) in [6.45, 7) is 0.381. The predicted octanol–water partition coefficient (Wildman–Crippen LogP) is 2.53. The Morgan fingerprint density at radius 1 is 1.20 bits per heavy atom. The van der Waals surface area contributed by atoms with Crippen LogP contribution in [0.5, 0.6) is 5.75 Å². The predicted molar refractivity (Wildman–Crippen MR) is 74.6 cm³/mol. The zero-order chi connectivity index (χ0) is 14.1. The minimum absolute atomic E-state index is 0.249. The summed E-state index contributed by atoms with van der Waals surface area (Å²) in [4.78, 5) is 14.7. The van der Waals surface area contributed by atoms with Gasteiger partial charge in [-0.2, -0.15) is 0 Å². The van der Waals surface area contributed by atoms with E-state index in [1.165, 1.54) is 16.7 Å². The maximum atomic E-state index is 13.3. The third-order valence-electron chi connectivity index (χ3n) is 3.24. The van der Waals surface area contributed by atoms with E-state index in [9.17, 15) is 9.18 Å². The van der Waals surface area contributed by atoms with Crippen molar-refractivity contribution in [2.45, 2.75) is 6.54 Å². The first-order chi connectivity index (χ1) is 9.67. The second-order valence-electron chi connectivity index (χ2n) is 4.53. The summed E-state index contributed by atoms with van der Waals surface area (Å²) in [5, 5.41) is 0. The third kappa shape index (κ3) is 2.18. The highest BCUT2D eigenvalue weighted by Gasteiger charge is 2.08. The van der Waals surface area contributed by atoms with Gasteiger partial charge in [-0.05, 0) is 35.9 Å². The standard InChI is InChI=1S/C15H13FN2O2/c1-20-12-5-2-10(3-6-12)9-18-14-8-11(16)4-7-13(14)17-15(18)19/h2-8H,9H2,1H3,(H,17,19). The molecule has 4 nitrogen and oxygen atoms in total. The van der Waals surface area contributed by atoms with Crippen LogP contribution in [-0.4, -0.2) is 16.7 Å². The van der Waals surface area contributed by atoms with Gasteiger partial charge in [0.25, 0.3) is 0 Å². The number of fused-ring (bicyclic) bond motifs is 1. The molecule has 1 aromatic heterocycles. The van der Waals surface area contributed by atoms with Gasteiger partial charge in [-0.1, -0.05) is 12.1 Å². The van der Waals surface area contributed by atoms with Gasteiger partial charge in [-0.3, -0.25) is 4.57 Å². The van der Waals surface area contributed by atoms with Crippen molar-refractivity contribution in [3.63, 3.8) is 0 Å². The minimum Gasteiger partial charge on any atom is -0.497 e. The van der Waals surface area contributed by atoms with Crippen LogP contribution in [0.4, 0.5) is 4.39 Å². The van der Waals surface area contributed by atoms with E-state index in [0.29, 0.717) is 17.6 Å². The van der Waals surface area contributed by atoms with E-state index >= 15 is 0 Å². The summed E-state index contributed by atoms with van der Waals surface area (Å²) < 4.78 is 19.9. The molecule has 5 heteroatoms. The lowest BCUT2D eigenvalue weighted by atomic mass is 10.2. The van der Waals surface area contributed by atoms with Crippen molar-refractivity contribution in [2.75, 3.05) is 7.11 Å². The molecule has 1 heterocycles. The maximum Gasteiger partial charge on any atom is 0.326 e. The van der Waals surface area contributed by atoms with Crippen LogP contribution >= 0.6 is 0 Å². The van der Waals surface area contributed by atoms with Gasteiger partial charge in [0, 0.05) is 0 Å². The summed E-state index contributed by atoms with van der Waals surface area (Å²) >= 11 is 0. The molecule has 0 saturated carbocycles. The Morgan fingerprint density at radius 3 is 2.65 bits per heavy atom. The molecule has 0 radical (unpaired) electrons. The van der Waals surface area contributed by atoms with E-state index in [1.54, 1.807) is 13.2 Å². The number of aromatic nitrogens is 2. The van der Waals surface area contributed by atoms with Crippen molar-refractivity contribution in [2.24, 2.45) is 0 Å². The molecule has 0 aliphatic rings. The Hall–Kier alpha value is -2.56. The summed E-state index contributed by atoms with van der Waals surface area (Å²) in [7, 11) is 1.60. The van der Waals surface area contributed by atoms with Gasteiger partial charge in [-0.15, -0.1) is 0 Å². The van der Waals surface area contributed by atoms with Crippen LogP contribution in [0.15, 0.2) is 47.3 Å². The van der Waals surface area contributed by atoms with E-state index in [2.05, 4.69) is 4.98 Å². The second kappa shape index (κ2) is 4.85. The Bertz CT molecular complexity index is 803. The number of rotatable bonds is 3. The number of nitrogens with one attached hydrogen (secondary N) is 1. The first kappa shape index (κ1) is 12.5. The normalized spacial score (nSPS) is 10.9. The van der Waals surface area contributed by atoms with Crippen LogP contribution < -0.4 is 10.4 Å². The van der Waals surface area contributed by atoms with E-state index in [4.69, 9.17) is 4.74 Å². The molecule has 1 N–H and O–H groups in total. The first-order valence-electron chi connectivity index (χ1n) is 6.18. The smallest absolute Gasteiger partial charge is 0.326 e. The number of nitrogens with zero attached hydrogens (tertiary/aromatic N) is 1. The van der Waals surface area contributed by atoms with Crippen molar-refractivity contribution in [1.29, 1.82) is 0 Å². The minimum atomic E-state index is -0.361.